The molecule has 4 N–H and O–H groups in total. The Kier molecular flexibility index (Phi) is 8.32. The highest BCUT2D eigenvalue weighted by Crippen LogP contribution is 2.36. The van der Waals surface area contributed by atoms with E-state index in [4.69, 9.17) is 10.5 Å². The van der Waals surface area contributed by atoms with Crippen molar-refractivity contribution in [3.63, 3.8) is 0 Å². The summed E-state index contributed by atoms with van der Waals surface area (Å²) in [5, 5.41) is 10.0. The van der Waals surface area contributed by atoms with Crippen molar-refractivity contribution in [1.82, 2.24) is 30.1 Å². The van der Waals surface area contributed by atoms with Gasteiger partial charge in [-0.3, -0.25) is 14.6 Å². The van der Waals surface area contributed by atoms with Crippen LogP contribution in [0.2, 0.25) is 0 Å². The van der Waals surface area contributed by atoms with Crippen molar-refractivity contribution in [3.05, 3.63) is 60.0 Å². The maximum atomic E-state index is 14.3. The summed E-state index contributed by atoms with van der Waals surface area (Å²) in [6.07, 6.45) is 2.32. The quantitative estimate of drug-likeness (QED) is 0.293. The monoisotopic (exact) mass is 618 g/mol. The molecule has 3 aliphatic heterocycles. The van der Waals surface area contributed by atoms with Gasteiger partial charge in [0.25, 0.3) is 0 Å². The number of nitrogens with one attached hydrogen (secondary N) is 2. The molecule has 0 aliphatic carbocycles. The first-order valence-electron chi connectivity index (χ1n) is 15.1. The van der Waals surface area contributed by atoms with Gasteiger partial charge in [-0.25, -0.2) is 9.78 Å². The first kappa shape index (κ1) is 29.7. The van der Waals surface area contributed by atoms with Gasteiger partial charge in [0.2, 0.25) is 11.8 Å². The molecule has 2 aromatic carbocycles. The number of hydrazine groups is 1. The van der Waals surface area contributed by atoms with Crippen molar-refractivity contribution < 1.29 is 19.1 Å². The minimum atomic E-state index is -0.770. The van der Waals surface area contributed by atoms with E-state index < -0.39 is 12.2 Å². The van der Waals surface area contributed by atoms with Crippen LogP contribution in [-0.2, 0) is 22.6 Å². The molecule has 2 fully saturated rings. The van der Waals surface area contributed by atoms with Crippen LogP contribution in [0.25, 0.3) is 10.2 Å². The first-order chi connectivity index (χ1) is 21.3. The number of nitrogens with zero attached hydrogens (tertiary/aromatic N) is 5. The van der Waals surface area contributed by atoms with Crippen LogP contribution in [0.5, 0.6) is 5.75 Å². The van der Waals surface area contributed by atoms with Crippen LogP contribution in [0.15, 0.2) is 48.9 Å². The number of rotatable bonds is 10. The molecule has 0 saturated carbocycles. The number of para-hydroxylation sites is 1. The summed E-state index contributed by atoms with van der Waals surface area (Å²) >= 11 is 1.41. The van der Waals surface area contributed by atoms with Gasteiger partial charge in [-0.05, 0) is 48.7 Å². The van der Waals surface area contributed by atoms with Crippen molar-refractivity contribution >= 4 is 50.2 Å². The predicted octanol–water partition coefficient (Wildman–Crippen LogP) is 3.71. The van der Waals surface area contributed by atoms with Gasteiger partial charge in [0, 0.05) is 26.1 Å². The van der Waals surface area contributed by atoms with E-state index in [1.807, 2.05) is 48.3 Å². The molecule has 4 amide bonds. The lowest BCUT2D eigenvalue weighted by molar-refractivity contribution is -0.157. The summed E-state index contributed by atoms with van der Waals surface area (Å²) in [5.41, 5.74) is 9.33. The molecule has 12 nitrogen and oxygen atoms in total. The molecule has 0 bridgehead atoms. The van der Waals surface area contributed by atoms with Crippen LogP contribution in [0.3, 0.4) is 0 Å². The van der Waals surface area contributed by atoms with Crippen molar-refractivity contribution in [2.75, 3.05) is 37.2 Å². The number of hydrogen-bond acceptors (Lipinski definition) is 9. The molecule has 0 unspecified atom stereocenters. The molecule has 2 atom stereocenters. The van der Waals surface area contributed by atoms with E-state index in [0.29, 0.717) is 49.2 Å². The first-order valence-corrected chi connectivity index (χ1v) is 15.9. The van der Waals surface area contributed by atoms with Crippen LogP contribution >= 0.6 is 11.3 Å². The van der Waals surface area contributed by atoms with Crippen LogP contribution in [0, 0.1) is 0 Å². The number of urea groups is 1. The number of nitrogens with two attached hydrogens (primary N) is 1. The van der Waals surface area contributed by atoms with Crippen LogP contribution in [-0.4, -0.2) is 81.0 Å². The van der Waals surface area contributed by atoms with E-state index in [9.17, 15) is 14.4 Å². The second-order valence-corrected chi connectivity index (χ2v) is 12.4. The van der Waals surface area contributed by atoms with E-state index >= 15 is 0 Å². The Morgan fingerprint density at radius 2 is 2.09 bits per heavy atom. The summed E-state index contributed by atoms with van der Waals surface area (Å²) in [6.45, 7) is 9.47. The molecule has 6 rings (SSSR count). The lowest BCUT2D eigenvalue weighted by atomic mass is 9.99. The van der Waals surface area contributed by atoms with E-state index in [0.717, 1.165) is 39.9 Å². The Morgan fingerprint density at radius 3 is 2.89 bits per heavy atom. The fourth-order valence-electron chi connectivity index (χ4n) is 6.18. The molecule has 232 valence electrons. The summed E-state index contributed by atoms with van der Waals surface area (Å²) in [7, 11) is 0. The minimum Gasteiger partial charge on any atom is -0.440 e. The predicted molar refractivity (Wildman–Crippen MR) is 169 cm³/mol. The zero-order valence-corrected chi connectivity index (χ0v) is 25.9. The molecule has 0 radical (unpaired) electrons. The van der Waals surface area contributed by atoms with Crippen LogP contribution in [0.4, 0.5) is 15.6 Å². The SMILES string of the molecule is C=C1Nc2ccc(C[C@H]3C(=O)N(Cc4cccc5sc(N)nc45)C[C@H]4N3C(=O)CN4N(CCC)C(=O)NCCCC)cc2O1. The number of carbonyl (C=O) groups excluding carboxylic acids is 3. The fraction of sp³-hybridized carbons (Fsp3) is 0.419. The molecular formula is C31H38N8O4S. The summed E-state index contributed by atoms with van der Waals surface area (Å²) < 4.78 is 6.65. The lowest BCUT2D eigenvalue weighted by Crippen LogP contribution is -2.66. The Bertz CT molecular complexity index is 1610. The Labute approximate surface area is 260 Å². The number of hydrogen-bond donors (Lipinski definition) is 3. The average molecular weight is 619 g/mol. The van der Waals surface area contributed by atoms with Gasteiger partial charge in [0.1, 0.15) is 12.2 Å². The number of unbranched alkanes of at least 4 members (excludes halogenated alkanes) is 1. The molecule has 3 aliphatic rings. The molecule has 3 aromatic rings. The molecule has 44 heavy (non-hydrogen) atoms. The molecular weight excluding hydrogens is 580 g/mol. The topological polar surface area (TPSA) is 136 Å². The van der Waals surface area contributed by atoms with Crippen molar-refractivity contribution in [2.24, 2.45) is 0 Å². The third-order valence-electron chi connectivity index (χ3n) is 8.22. The number of fused-ring (bicyclic) bond motifs is 3. The number of piperazine rings is 1. The normalized spacial score (nSPS) is 19.6. The highest BCUT2D eigenvalue weighted by Gasteiger charge is 2.52. The highest BCUT2D eigenvalue weighted by atomic mass is 32.1. The standard InChI is InChI=1S/C31H38N8O4S/c1-4-6-12-33-31(42)37(13-5-2)38-18-27(40)39-23(14-20-10-11-22-24(15-20)43-19(3)34-22)29(41)36(17-26(38)39)16-21-8-7-9-25-28(21)35-30(32)44-25/h7-11,15,23,26,34H,3-6,12-14,16-18H2,1-2H3,(H2,32,35)(H,33,42)/t23-,26+/m0/s1. The minimum absolute atomic E-state index is 0.0126. The fourth-order valence-corrected chi connectivity index (χ4v) is 6.96. The molecule has 13 heteroatoms. The zero-order valence-electron chi connectivity index (χ0n) is 25.0. The third-order valence-corrected chi connectivity index (χ3v) is 9.07. The Hall–Kier alpha value is -4.36. The van der Waals surface area contributed by atoms with Crippen molar-refractivity contribution in [3.8, 4) is 5.75 Å². The number of amides is 4. The maximum absolute atomic E-state index is 14.3. The van der Waals surface area contributed by atoms with E-state index in [-0.39, 0.29) is 30.9 Å². The van der Waals surface area contributed by atoms with Gasteiger partial charge in [-0.1, -0.05) is 49.8 Å². The van der Waals surface area contributed by atoms with Gasteiger partial charge in [-0.2, -0.15) is 5.01 Å². The second kappa shape index (κ2) is 12.3. The zero-order chi connectivity index (χ0) is 31.0. The number of benzene rings is 2. The molecule has 1 aromatic heterocycles. The van der Waals surface area contributed by atoms with Crippen molar-refractivity contribution in [2.45, 2.75) is 58.3 Å². The number of anilines is 2. The number of nitrogen functional groups attached to an aromatic ring is 1. The number of ether oxygens (including phenoxy) is 1. The average Bonchev–Trinajstić information content (AvgIpc) is 3.66. The van der Waals surface area contributed by atoms with E-state index in [1.54, 1.807) is 14.8 Å². The second-order valence-electron chi connectivity index (χ2n) is 11.3. The number of thiazole rings is 1. The Balaban J connectivity index is 1.34. The Morgan fingerprint density at radius 1 is 1.25 bits per heavy atom. The summed E-state index contributed by atoms with van der Waals surface area (Å²) in [4.78, 5) is 49.4. The van der Waals surface area contributed by atoms with E-state index in [1.165, 1.54) is 11.3 Å². The van der Waals surface area contributed by atoms with Crippen LogP contribution in [0.1, 0.15) is 44.2 Å². The molecule has 0 spiro atoms. The lowest BCUT2D eigenvalue weighted by Gasteiger charge is -2.46. The van der Waals surface area contributed by atoms with Gasteiger partial charge < -0.3 is 30.9 Å². The van der Waals surface area contributed by atoms with Gasteiger partial charge in [0.15, 0.2) is 16.8 Å². The van der Waals surface area contributed by atoms with Crippen molar-refractivity contribution in [1.29, 1.82) is 0 Å². The van der Waals surface area contributed by atoms with Crippen LogP contribution < -0.4 is 21.1 Å². The van der Waals surface area contributed by atoms with Gasteiger partial charge >= 0.3 is 6.03 Å². The number of aromatic nitrogens is 1. The summed E-state index contributed by atoms with van der Waals surface area (Å²) in [5.74, 6) is 0.726. The highest BCUT2D eigenvalue weighted by molar-refractivity contribution is 7.22. The number of carbonyl (C=O) groups is 3. The molecule has 4 heterocycles. The van der Waals surface area contributed by atoms with E-state index in [2.05, 4.69) is 29.1 Å². The summed E-state index contributed by atoms with van der Waals surface area (Å²) in [6, 6.07) is 10.5. The van der Waals surface area contributed by atoms with Gasteiger partial charge in [-0.15, -0.1) is 0 Å². The maximum Gasteiger partial charge on any atom is 0.332 e. The van der Waals surface area contributed by atoms with Gasteiger partial charge in [0.05, 0.1) is 29.0 Å². The third kappa shape index (κ3) is 5.64. The molecule has 2 saturated heterocycles. The largest absolute Gasteiger partial charge is 0.440 e. The smallest absolute Gasteiger partial charge is 0.332 e.